The van der Waals surface area contributed by atoms with E-state index < -0.39 is 34.8 Å². The summed E-state index contributed by atoms with van der Waals surface area (Å²) >= 11 is -0.262. The largest absolute Gasteiger partial charge is 0.446 e. The number of urea groups is 1. The van der Waals surface area contributed by atoms with Gasteiger partial charge in [-0.05, 0) is 59.3 Å². The molecule has 8 nitrogen and oxygen atoms in total. The number of hydrogen-bond acceptors (Lipinski definition) is 7. The molecule has 0 aliphatic carbocycles. The molecule has 0 spiro atoms. The Kier molecular flexibility index (Phi) is 8.01. The number of fused-ring (bicyclic) bond motifs is 2. The Morgan fingerprint density at radius 3 is 1.72 bits per heavy atom. The molecular formula is C34H31F3N6O2S. The van der Waals surface area contributed by atoms with E-state index in [0.717, 1.165) is 37.8 Å². The van der Waals surface area contributed by atoms with E-state index in [-0.39, 0.29) is 22.3 Å². The number of thioether (sulfide) groups is 1. The van der Waals surface area contributed by atoms with Gasteiger partial charge < -0.3 is 16.0 Å². The van der Waals surface area contributed by atoms with Crippen LogP contribution >= 0.6 is 11.8 Å². The summed E-state index contributed by atoms with van der Waals surface area (Å²) in [7, 11) is 3.55. The number of para-hydroxylation sites is 2. The number of carbonyl (C=O) groups excluding carboxylic acids is 2. The predicted octanol–water partition coefficient (Wildman–Crippen LogP) is 7.88. The third-order valence-corrected chi connectivity index (χ3v) is 9.55. The highest BCUT2D eigenvalue weighted by Crippen LogP contribution is 2.50. The zero-order chi connectivity index (χ0) is 32.8. The number of nitrogens with one attached hydrogen (secondary N) is 3. The van der Waals surface area contributed by atoms with E-state index in [2.05, 4.69) is 25.9 Å². The van der Waals surface area contributed by atoms with Crippen LogP contribution in [0.25, 0.3) is 21.8 Å². The molecule has 3 aromatic carbocycles. The lowest BCUT2D eigenvalue weighted by Gasteiger charge is -2.40. The topological polar surface area (TPSA) is 99.2 Å². The first-order valence-electron chi connectivity index (χ1n) is 14.6. The maximum Gasteiger partial charge on any atom is 0.446 e. The van der Waals surface area contributed by atoms with Gasteiger partial charge in [0.1, 0.15) is 5.54 Å². The summed E-state index contributed by atoms with van der Waals surface area (Å²) in [5, 5.41) is 11.2. The Hall–Kier alpha value is -4.84. The number of aromatic nitrogens is 2. The Balaban J connectivity index is 1.58. The number of alkyl halides is 3. The fraction of sp³-hybridized carbons (Fsp3) is 0.235. The van der Waals surface area contributed by atoms with Crippen LogP contribution in [0.3, 0.4) is 0 Å². The lowest BCUT2D eigenvalue weighted by molar-refractivity contribution is -0.123. The standard InChI is InChI=1S/C34H31F3N6O2S/c1-19(29-23-9-5-7-11-25(23)40-17-27(29)38-3)33(20(2)30-24-10-6-8-12-26(24)41-18-28(30)39-4)31(44)43(32(45)42-33)21-13-15-22(16-14-21)46-34(35,36)37/h5-20,38-39H,1-4H3,(H,42,45). The van der Waals surface area contributed by atoms with Crippen LogP contribution in [-0.4, -0.2) is 47.0 Å². The minimum Gasteiger partial charge on any atom is -0.387 e. The molecule has 46 heavy (non-hydrogen) atoms. The number of nitrogens with zero attached hydrogens (tertiary/aromatic N) is 3. The lowest BCUT2D eigenvalue weighted by atomic mass is 9.68. The third-order valence-electron chi connectivity index (χ3n) is 8.81. The highest BCUT2D eigenvalue weighted by atomic mass is 32.2. The highest BCUT2D eigenvalue weighted by Gasteiger charge is 2.59. The molecule has 1 saturated heterocycles. The first kappa shape index (κ1) is 31.2. The van der Waals surface area contributed by atoms with Gasteiger partial charge in [0.05, 0.1) is 40.5 Å². The predicted molar refractivity (Wildman–Crippen MR) is 177 cm³/mol. The van der Waals surface area contributed by atoms with Crippen LogP contribution in [0.2, 0.25) is 0 Å². The molecule has 2 unspecified atom stereocenters. The number of benzene rings is 3. The van der Waals surface area contributed by atoms with Crippen molar-refractivity contribution in [1.82, 2.24) is 15.3 Å². The van der Waals surface area contributed by atoms with Gasteiger partial charge in [0.15, 0.2) is 0 Å². The van der Waals surface area contributed by atoms with Gasteiger partial charge in [0, 0.05) is 41.6 Å². The molecule has 5 aromatic rings. The van der Waals surface area contributed by atoms with Crippen molar-refractivity contribution in [2.24, 2.45) is 0 Å². The van der Waals surface area contributed by atoms with E-state index in [4.69, 9.17) is 0 Å². The molecule has 1 aliphatic rings. The van der Waals surface area contributed by atoms with Crippen molar-refractivity contribution in [1.29, 1.82) is 0 Å². The second-order valence-corrected chi connectivity index (χ2v) is 12.3. The summed E-state index contributed by atoms with van der Waals surface area (Å²) in [5.74, 6) is -1.79. The summed E-state index contributed by atoms with van der Waals surface area (Å²) in [4.78, 5) is 39.2. The van der Waals surface area contributed by atoms with Gasteiger partial charge in [-0.3, -0.25) is 14.8 Å². The van der Waals surface area contributed by atoms with Crippen LogP contribution in [0.15, 0.2) is 90.1 Å². The number of anilines is 3. The summed E-state index contributed by atoms with van der Waals surface area (Å²) < 4.78 is 39.1. The number of pyridine rings is 2. The molecule has 236 valence electrons. The second kappa shape index (κ2) is 11.8. The summed E-state index contributed by atoms with van der Waals surface area (Å²) in [6.45, 7) is 3.82. The van der Waals surface area contributed by atoms with Gasteiger partial charge in [-0.15, -0.1) is 0 Å². The zero-order valence-corrected chi connectivity index (χ0v) is 26.3. The van der Waals surface area contributed by atoms with Crippen LogP contribution in [-0.2, 0) is 4.79 Å². The smallest absolute Gasteiger partial charge is 0.387 e. The number of hydrogen-bond donors (Lipinski definition) is 3. The first-order valence-corrected chi connectivity index (χ1v) is 15.4. The summed E-state index contributed by atoms with van der Waals surface area (Å²) in [5.41, 5.74) is -1.45. The molecule has 0 radical (unpaired) electrons. The van der Waals surface area contributed by atoms with E-state index in [9.17, 15) is 18.0 Å². The molecule has 0 saturated carbocycles. The van der Waals surface area contributed by atoms with Crippen molar-refractivity contribution in [2.75, 3.05) is 29.6 Å². The fourth-order valence-electron chi connectivity index (χ4n) is 6.67. The number of amides is 3. The lowest BCUT2D eigenvalue weighted by Crippen LogP contribution is -2.55. The average Bonchev–Trinajstić information content (AvgIpc) is 3.32. The minimum atomic E-state index is -4.47. The van der Waals surface area contributed by atoms with Crippen molar-refractivity contribution in [3.63, 3.8) is 0 Å². The van der Waals surface area contributed by atoms with Gasteiger partial charge in [-0.1, -0.05) is 50.2 Å². The Morgan fingerprint density at radius 1 is 0.783 bits per heavy atom. The quantitative estimate of drug-likeness (QED) is 0.117. The van der Waals surface area contributed by atoms with Crippen molar-refractivity contribution >= 4 is 62.6 Å². The van der Waals surface area contributed by atoms with Crippen molar-refractivity contribution in [3.05, 3.63) is 96.3 Å². The fourth-order valence-corrected chi connectivity index (χ4v) is 7.21. The molecule has 0 bridgehead atoms. The molecule has 1 aliphatic heterocycles. The van der Waals surface area contributed by atoms with Crippen molar-refractivity contribution in [2.45, 2.75) is 41.6 Å². The van der Waals surface area contributed by atoms with Gasteiger partial charge in [-0.2, -0.15) is 13.2 Å². The number of halogens is 3. The third kappa shape index (κ3) is 5.16. The Morgan fingerprint density at radius 2 is 1.26 bits per heavy atom. The van der Waals surface area contributed by atoms with E-state index in [1.807, 2.05) is 62.4 Å². The highest BCUT2D eigenvalue weighted by molar-refractivity contribution is 8.00. The number of rotatable bonds is 8. The van der Waals surface area contributed by atoms with Gasteiger partial charge >= 0.3 is 11.5 Å². The van der Waals surface area contributed by atoms with E-state index in [1.54, 1.807) is 26.5 Å². The van der Waals surface area contributed by atoms with Crippen LogP contribution in [0.5, 0.6) is 0 Å². The maximum atomic E-state index is 15.0. The van der Waals surface area contributed by atoms with Gasteiger partial charge in [0.2, 0.25) is 0 Å². The molecular weight excluding hydrogens is 613 g/mol. The van der Waals surface area contributed by atoms with E-state index in [0.29, 0.717) is 11.4 Å². The molecule has 3 amide bonds. The minimum absolute atomic E-state index is 0.0554. The number of carbonyl (C=O) groups is 2. The van der Waals surface area contributed by atoms with Crippen LogP contribution in [0.4, 0.5) is 35.0 Å². The monoisotopic (exact) mass is 644 g/mol. The number of imide groups is 1. The van der Waals surface area contributed by atoms with Crippen molar-refractivity contribution in [3.8, 4) is 0 Å². The molecule has 2 aromatic heterocycles. The normalized spacial score (nSPS) is 18.1. The molecule has 6 rings (SSSR count). The Bertz CT molecular complexity index is 1870. The molecule has 12 heteroatoms. The SMILES string of the molecule is CNc1cnc2ccccc2c1C(C)C1(C(C)c2c(NC)cnc3ccccc23)NC(=O)N(c2ccc(SC(F)(F)F)cc2)C1=O. The van der Waals surface area contributed by atoms with Gasteiger partial charge in [-0.25, -0.2) is 9.69 Å². The van der Waals surface area contributed by atoms with Crippen LogP contribution in [0, 0.1) is 0 Å². The van der Waals surface area contributed by atoms with E-state index >= 15 is 4.79 Å². The van der Waals surface area contributed by atoms with Gasteiger partial charge in [0.25, 0.3) is 5.91 Å². The molecule has 1 fully saturated rings. The maximum absolute atomic E-state index is 15.0. The summed E-state index contributed by atoms with van der Waals surface area (Å²) in [6, 6.07) is 19.8. The Labute approximate surface area is 267 Å². The van der Waals surface area contributed by atoms with E-state index in [1.165, 1.54) is 24.3 Å². The van der Waals surface area contributed by atoms with Crippen molar-refractivity contribution < 1.29 is 22.8 Å². The zero-order valence-electron chi connectivity index (χ0n) is 25.4. The van der Waals surface area contributed by atoms with Crippen LogP contribution in [0.1, 0.15) is 36.8 Å². The first-order chi connectivity index (χ1) is 22.0. The molecule has 3 heterocycles. The molecule has 2 atom stereocenters. The van der Waals surface area contributed by atoms with Crippen LogP contribution < -0.4 is 20.9 Å². The average molecular weight is 645 g/mol. The molecule has 3 N–H and O–H groups in total. The second-order valence-electron chi connectivity index (χ2n) is 11.1. The summed E-state index contributed by atoms with van der Waals surface area (Å²) in [6.07, 6.45) is 3.42.